The second kappa shape index (κ2) is 8.82. The smallest absolute Gasteiger partial charge is 0.475 e. The number of rotatable bonds is 5. The van der Waals surface area contributed by atoms with Gasteiger partial charge in [-0.05, 0) is 51.0 Å². The van der Waals surface area contributed by atoms with Crippen LogP contribution in [0.5, 0.6) is 11.5 Å². The molecule has 1 saturated carbocycles. The molecule has 1 aliphatic carbocycles. The molecule has 3 fully saturated rings. The van der Waals surface area contributed by atoms with Gasteiger partial charge in [0.1, 0.15) is 24.1 Å². The molecule has 2 unspecified atom stereocenters. The molecule has 1 aromatic carbocycles. The first-order valence-electron chi connectivity index (χ1n) is 12.0. The average Bonchev–Trinajstić information content (AvgIpc) is 3.55. The number of amides is 1. The van der Waals surface area contributed by atoms with E-state index in [0.29, 0.717) is 22.7 Å². The third-order valence-electron chi connectivity index (χ3n) is 6.48. The van der Waals surface area contributed by atoms with Gasteiger partial charge >= 0.3 is 19.4 Å². The van der Waals surface area contributed by atoms with Crippen molar-refractivity contribution in [2.24, 2.45) is 0 Å². The summed E-state index contributed by atoms with van der Waals surface area (Å²) in [4.78, 5) is 29.2. The van der Waals surface area contributed by atoms with Gasteiger partial charge in [0, 0.05) is 11.8 Å². The van der Waals surface area contributed by atoms with E-state index in [4.69, 9.17) is 27.8 Å². The second-order valence-corrected chi connectivity index (χ2v) is 11.4. The van der Waals surface area contributed by atoms with Gasteiger partial charge in [-0.3, -0.25) is 22.9 Å². The number of carbonyl (C=O) groups is 1. The number of aromatic nitrogens is 2. The molecule has 2 aromatic rings. The molecular weight excluding hydrogens is 531 g/mol. The third kappa shape index (κ3) is 4.50. The molecule has 38 heavy (non-hydrogen) atoms. The first-order valence-corrected chi connectivity index (χ1v) is 13.4. The van der Waals surface area contributed by atoms with E-state index in [1.807, 2.05) is 0 Å². The number of anilines is 1. The van der Waals surface area contributed by atoms with Gasteiger partial charge in [0.2, 0.25) is 6.23 Å². The van der Waals surface area contributed by atoms with Gasteiger partial charge in [-0.2, -0.15) is 13.8 Å². The van der Waals surface area contributed by atoms with Gasteiger partial charge < -0.3 is 19.5 Å². The number of benzene rings is 1. The molecule has 2 saturated heterocycles. The first-order chi connectivity index (χ1) is 18.0. The van der Waals surface area contributed by atoms with Gasteiger partial charge in [-0.1, -0.05) is 0 Å². The molecule has 0 radical (unpaired) electrons. The molecule has 12 nitrogen and oxygen atoms in total. The van der Waals surface area contributed by atoms with Gasteiger partial charge in [0.15, 0.2) is 17.6 Å². The average molecular weight is 555 g/mol. The number of fused-ring (bicyclic) bond motifs is 2. The monoisotopic (exact) mass is 555 g/mol. The molecular formula is C23H24F2N3O9P. The Morgan fingerprint density at radius 1 is 1.26 bits per heavy atom. The molecule has 1 amide bonds. The highest BCUT2D eigenvalue weighted by molar-refractivity contribution is 7.48. The Bertz CT molecular complexity index is 1400. The number of phosphoric ester groups is 1. The summed E-state index contributed by atoms with van der Waals surface area (Å²) in [5, 5.41) is 2.47. The summed E-state index contributed by atoms with van der Waals surface area (Å²) in [5.74, 6) is -3.54. The Morgan fingerprint density at radius 3 is 2.76 bits per heavy atom. The third-order valence-corrected chi connectivity index (χ3v) is 8.11. The van der Waals surface area contributed by atoms with E-state index in [0.717, 1.165) is 19.0 Å². The summed E-state index contributed by atoms with van der Waals surface area (Å²) in [6.45, 7) is 3.08. The normalized spacial score (nSPS) is 30.2. The predicted octanol–water partition coefficient (Wildman–Crippen LogP) is 3.28. The van der Waals surface area contributed by atoms with Crippen LogP contribution in [0.2, 0.25) is 0 Å². The van der Waals surface area contributed by atoms with Crippen LogP contribution < -0.4 is 20.5 Å². The van der Waals surface area contributed by atoms with Crippen molar-refractivity contribution < 1.29 is 45.9 Å². The van der Waals surface area contributed by atoms with E-state index in [-0.39, 0.29) is 17.0 Å². The zero-order chi connectivity index (χ0) is 26.9. The Balaban J connectivity index is 1.17. The summed E-state index contributed by atoms with van der Waals surface area (Å²) >= 11 is 0. The molecule has 3 aliphatic heterocycles. The summed E-state index contributed by atoms with van der Waals surface area (Å²) in [5.41, 5.74) is -1.20. The standard InChI is InChI=1S/C23H24F2N3O9P/c1-12(2)36-38(31)33-10-16-18(37-38)23(24,25)20(34-16)28-8-5-17(27-21(28)30)26-19(29)13-3-4-14-15(9-13)35-22(6-7-22)11-32-14/h3-5,8-9,12,16,18,20H,6-7,10-11H2,1-2H3,(H,26,27,29,30)/t16-,18-,20?,38?/m1/s1. The van der Waals surface area contributed by atoms with Crippen LogP contribution in [0, 0.1) is 0 Å². The van der Waals surface area contributed by atoms with Crippen molar-refractivity contribution >= 4 is 19.5 Å². The van der Waals surface area contributed by atoms with E-state index in [1.165, 1.54) is 18.2 Å². The molecule has 4 atom stereocenters. The van der Waals surface area contributed by atoms with Crippen LogP contribution in [-0.2, 0) is 22.9 Å². The fraction of sp³-hybridized carbons (Fsp3) is 0.522. The molecule has 4 aliphatic rings. The van der Waals surface area contributed by atoms with Crippen LogP contribution in [0.25, 0.3) is 0 Å². The molecule has 0 bridgehead atoms. The quantitative estimate of drug-likeness (QED) is 0.548. The minimum atomic E-state index is -4.24. The largest absolute Gasteiger partial charge is 0.486 e. The van der Waals surface area contributed by atoms with Crippen LogP contribution >= 0.6 is 7.82 Å². The maximum Gasteiger partial charge on any atom is 0.475 e. The number of phosphoric acid groups is 1. The van der Waals surface area contributed by atoms with Crippen molar-refractivity contribution in [1.82, 2.24) is 9.55 Å². The highest BCUT2D eigenvalue weighted by atomic mass is 31.2. The second-order valence-electron chi connectivity index (χ2n) is 9.82. The van der Waals surface area contributed by atoms with Crippen LogP contribution in [0.1, 0.15) is 43.3 Å². The summed E-state index contributed by atoms with van der Waals surface area (Å²) in [7, 11) is -4.24. The van der Waals surface area contributed by atoms with Crippen molar-refractivity contribution in [3.63, 3.8) is 0 Å². The van der Waals surface area contributed by atoms with E-state index >= 15 is 8.78 Å². The van der Waals surface area contributed by atoms with Crippen molar-refractivity contribution in [3.05, 3.63) is 46.5 Å². The summed E-state index contributed by atoms with van der Waals surface area (Å²) in [6, 6.07) is 5.86. The van der Waals surface area contributed by atoms with Crippen molar-refractivity contribution in [3.8, 4) is 11.5 Å². The molecule has 6 rings (SSSR count). The lowest BCUT2D eigenvalue weighted by Gasteiger charge is -2.32. The lowest BCUT2D eigenvalue weighted by Crippen LogP contribution is -2.45. The van der Waals surface area contributed by atoms with Crippen molar-refractivity contribution in [2.75, 3.05) is 18.5 Å². The molecule has 15 heteroatoms. The van der Waals surface area contributed by atoms with E-state index in [1.54, 1.807) is 19.9 Å². The summed E-state index contributed by atoms with van der Waals surface area (Å²) in [6.07, 6.45) is -3.21. The number of alkyl halides is 2. The predicted molar refractivity (Wildman–Crippen MR) is 124 cm³/mol. The van der Waals surface area contributed by atoms with E-state index < -0.39 is 56.5 Å². The number of hydrogen-bond acceptors (Lipinski definition) is 10. The lowest BCUT2D eigenvalue weighted by atomic mass is 10.1. The zero-order valence-corrected chi connectivity index (χ0v) is 21.2. The molecule has 4 heterocycles. The van der Waals surface area contributed by atoms with Crippen LogP contribution in [0.15, 0.2) is 35.3 Å². The minimum Gasteiger partial charge on any atom is -0.486 e. The maximum absolute atomic E-state index is 15.3. The molecule has 1 N–H and O–H groups in total. The highest BCUT2D eigenvalue weighted by Crippen LogP contribution is 2.60. The van der Waals surface area contributed by atoms with Crippen LogP contribution in [0.3, 0.4) is 0 Å². The Kier molecular flexibility index (Phi) is 5.89. The Labute approximate surface area is 214 Å². The van der Waals surface area contributed by atoms with Gasteiger partial charge in [-0.25, -0.2) is 9.36 Å². The van der Waals surface area contributed by atoms with Crippen LogP contribution in [0.4, 0.5) is 14.6 Å². The lowest BCUT2D eigenvalue weighted by molar-refractivity contribution is -0.139. The van der Waals surface area contributed by atoms with Gasteiger partial charge in [0.05, 0.1) is 12.7 Å². The van der Waals surface area contributed by atoms with Crippen LogP contribution in [-0.4, -0.2) is 58.5 Å². The number of ether oxygens (including phenoxy) is 3. The van der Waals surface area contributed by atoms with Crippen molar-refractivity contribution in [2.45, 2.75) is 62.8 Å². The van der Waals surface area contributed by atoms with E-state index in [2.05, 4.69) is 10.3 Å². The fourth-order valence-corrected chi connectivity index (χ4v) is 6.01. The number of nitrogens with one attached hydrogen (secondary N) is 1. The van der Waals surface area contributed by atoms with Crippen molar-refractivity contribution in [1.29, 1.82) is 0 Å². The topological polar surface area (TPSA) is 136 Å². The molecule has 204 valence electrons. The zero-order valence-electron chi connectivity index (χ0n) is 20.3. The number of hydrogen-bond donors (Lipinski definition) is 1. The number of halogens is 2. The summed E-state index contributed by atoms with van der Waals surface area (Å²) < 4.78 is 75.8. The Morgan fingerprint density at radius 2 is 2.05 bits per heavy atom. The first kappa shape index (κ1) is 25.4. The SMILES string of the molecule is CC(C)OP1(=O)OC[C@H]2OC(n3ccc(NC(=O)c4ccc5c(c4)OC4(CC4)CO5)nc3=O)C(F)(F)[C@@H]2O1. The van der Waals surface area contributed by atoms with E-state index in [9.17, 15) is 14.2 Å². The number of nitrogens with zero attached hydrogens (tertiary/aromatic N) is 2. The number of carbonyl (C=O) groups excluding carboxylic acids is 1. The molecule has 1 aromatic heterocycles. The maximum atomic E-state index is 15.3. The van der Waals surface area contributed by atoms with Gasteiger partial charge in [-0.15, -0.1) is 0 Å². The van der Waals surface area contributed by atoms with Gasteiger partial charge in [0.25, 0.3) is 5.91 Å². The Hall–Kier alpha value is -2.90. The fourth-order valence-electron chi connectivity index (χ4n) is 4.43. The molecule has 1 spiro atoms. The highest BCUT2D eigenvalue weighted by Gasteiger charge is 2.65. The minimum absolute atomic E-state index is 0.155.